The minimum absolute atomic E-state index is 0.0122. The van der Waals surface area contributed by atoms with Crippen LogP contribution in [0.2, 0.25) is 0 Å². The molecule has 0 fully saturated rings. The zero-order chi connectivity index (χ0) is 20.8. The molecule has 3 aromatic rings. The number of ether oxygens (including phenoxy) is 1. The lowest BCUT2D eigenvalue weighted by molar-refractivity contribution is 0.101. The monoisotopic (exact) mass is 390 g/mol. The largest absolute Gasteiger partial charge is 0.507 e. The summed E-state index contributed by atoms with van der Waals surface area (Å²) in [6.07, 6.45) is 0.792. The number of carbonyl (C=O) groups is 1. The van der Waals surface area contributed by atoms with E-state index < -0.39 is 6.10 Å². The molecule has 0 bridgehead atoms. The number of hydrogen-bond acceptors (Lipinski definition) is 4. The van der Waals surface area contributed by atoms with Crippen LogP contribution in [-0.4, -0.2) is 16.0 Å². The summed E-state index contributed by atoms with van der Waals surface area (Å²) in [7, 11) is 0. The van der Waals surface area contributed by atoms with Gasteiger partial charge in [-0.15, -0.1) is 0 Å². The van der Waals surface area contributed by atoms with Gasteiger partial charge in [-0.25, -0.2) is 0 Å². The van der Waals surface area contributed by atoms with Crippen molar-refractivity contribution < 1.29 is 19.7 Å². The van der Waals surface area contributed by atoms with E-state index in [1.165, 1.54) is 6.92 Å². The van der Waals surface area contributed by atoms with Gasteiger partial charge in [0.15, 0.2) is 5.78 Å². The van der Waals surface area contributed by atoms with Gasteiger partial charge in [-0.2, -0.15) is 0 Å². The fourth-order valence-corrected chi connectivity index (χ4v) is 3.31. The van der Waals surface area contributed by atoms with E-state index in [0.29, 0.717) is 29.9 Å². The molecule has 0 amide bonds. The zero-order valence-electron chi connectivity index (χ0n) is 16.8. The third-order valence-corrected chi connectivity index (χ3v) is 4.92. The fraction of sp³-hybridized carbons (Fsp3) is 0.240. The number of aliphatic hydroxyl groups excluding tert-OH is 1. The number of aromatic hydroxyl groups is 1. The van der Waals surface area contributed by atoms with Crippen LogP contribution in [0.5, 0.6) is 11.5 Å². The van der Waals surface area contributed by atoms with Gasteiger partial charge in [0.25, 0.3) is 0 Å². The lowest BCUT2D eigenvalue weighted by Crippen LogP contribution is -2.03. The minimum atomic E-state index is -0.668. The second kappa shape index (κ2) is 9.39. The Labute approximate surface area is 171 Å². The number of phenolic OH excluding ortho intramolecular Hbond substituents is 1. The molecule has 0 aliphatic rings. The first-order chi connectivity index (χ1) is 14.0. The molecule has 29 heavy (non-hydrogen) atoms. The zero-order valence-corrected chi connectivity index (χ0v) is 16.8. The average molecular weight is 390 g/mol. The van der Waals surface area contributed by atoms with Crippen molar-refractivity contribution in [3.8, 4) is 11.5 Å². The van der Waals surface area contributed by atoms with Crippen molar-refractivity contribution >= 4 is 5.78 Å². The highest BCUT2D eigenvalue weighted by atomic mass is 16.5. The molecular formula is C25H26O4. The van der Waals surface area contributed by atoms with Crippen LogP contribution in [0.25, 0.3) is 0 Å². The first kappa shape index (κ1) is 20.6. The Morgan fingerprint density at radius 2 is 1.62 bits per heavy atom. The van der Waals surface area contributed by atoms with Gasteiger partial charge >= 0.3 is 0 Å². The third-order valence-electron chi connectivity index (χ3n) is 4.92. The summed E-state index contributed by atoms with van der Waals surface area (Å²) in [5.74, 6) is 0.430. The summed E-state index contributed by atoms with van der Waals surface area (Å²) < 4.78 is 5.94. The van der Waals surface area contributed by atoms with Gasteiger partial charge in [-0.05, 0) is 42.2 Å². The number of phenols is 1. The Bertz CT molecular complexity index is 962. The Morgan fingerprint density at radius 1 is 0.966 bits per heavy atom. The van der Waals surface area contributed by atoms with E-state index in [1.807, 2.05) is 61.5 Å². The number of hydrogen-bond donors (Lipinski definition) is 2. The standard InChI is InChI=1S/C25H26O4/c1-3-7-22-23(15-14-21(17(2)26)25(22)28)29-16-18-10-12-20(13-11-18)24(27)19-8-5-4-6-9-19/h4-6,8-15,24,27-28H,3,7,16H2,1-2H3/t24-/m0/s1. The van der Waals surface area contributed by atoms with Gasteiger partial charge in [-0.3, -0.25) is 4.79 Å². The van der Waals surface area contributed by atoms with Crippen LogP contribution in [0.15, 0.2) is 66.7 Å². The fourth-order valence-electron chi connectivity index (χ4n) is 3.31. The van der Waals surface area contributed by atoms with Crippen LogP contribution in [0.4, 0.5) is 0 Å². The summed E-state index contributed by atoms with van der Waals surface area (Å²) in [4.78, 5) is 11.7. The molecule has 0 heterocycles. The normalized spacial score (nSPS) is 11.8. The van der Waals surface area contributed by atoms with Crippen LogP contribution in [-0.2, 0) is 13.0 Å². The SMILES string of the molecule is CCCc1c(OCc2ccc([C@@H](O)c3ccccc3)cc2)ccc(C(C)=O)c1O. The molecule has 1 atom stereocenters. The summed E-state index contributed by atoms with van der Waals surface area (Å²) in [6, 6.07) is 20.5. The summed E-state index contributed by atoms with van der Waals surface area (Å²) in [6.45, 7) is 3.79. The maximum Gasteiger partial charge on any atom is 0.163 e. The maximum atomic E-state index is 11.7. The molecule has 0 spiro atoms. The van der Waals surface area contributed by atoms with Gasteiger partial charge in [0, 0.05) is 5.56 Å². The highest BCUT2D eigenvalue weighted by Crippen LogP contribution is 2.33. The topological polar surface area (TPSA) is 66.8 Å². The molecule has 0 aromatic heterocycles. The highest BCUT2D eigenvalue weighted by molar-refractivity contribution is 5.97. The molecule has 3 rings (SSSR count). The first-order valence-corrected chi connectivity index (χ1v) is 9.81. The summed E-state index contributed by atoms with van der Waals surface area (Å²) >= 11 is 0. The van der Waals surface area contributed by atoms with E-state index >= 15 is 0 Å². The van der Waals surface area contributed by atoms with Gasteiger partial charge in [0.2, 0.25) is 0 Å². The quantitative estimate of drug-likeness (QED) is 0.518. The van der Waals surface area contributed by atoms with Gasteiger partial charge in [-0.1, -0.05) is 67.9 Å². The van der Waals surface area contributed by atoms with E-state index in [0.717, 1.165) is 23.1 Å². The second-order valence-electron chi connectivity index (χ2n) is 7.09. The van der Waals surface area contributed by atoms with Crippen molar-refractivity contribution in [1.82, 2.24) is 0 Å². The van der Waals surface area contributed by atoms with Crippen molar-refractivity contribution in [2.75, 3.05) is 0 Å². The van der Waals surface area contributed by atoms with Gasteiger partial charge < -0.3 is 14.9 Å². The van der Waals surface area contributed by atoms with E-state index in [4.69, 9.17) is 4.74 Å². The van der Waals surface area contributed by atoms with Crippen LogP contribution in [0, 0.1) is 0 Å². The molecular weight excluding hydrogens is 364 g/mol. The molecule has 4 heteroatoms. The molecule has 0 saturated carbocycles. The van der Waals surface area contributed by atoms with Crippen LogP contribution in [0.1, 0.15) is 59.0 Å². The average Bonchev–Trinajstić information content (AvgIpc) is 2.74. The number of benzene rings is 3. The molecule has 0 unspecified atom stereocenters. The third kappa shape index (κ3) is 4.84. The molecule has 0 aliphatic carbocycles. The Hall–Kier alpha value is -3.11. The molecule has 150 valence electrons. The number of Topliss-reactive ketones (excluding diaryl/α,β-unsaturated/α-hetero) is 1. The van der Waals surface area contributed by atoms with Crippen molar-refractivity contribution in [3.05, 3.63) is 94.5 Å². The predicted molar refractivity (Wildman–Crippen MR) is 113 cm³/mol. The maximum absolute atomic E-state index is 11.7. The number of ketones is 1. The lowest BCUT2D eigenvalue weighted by atomic mass is 10.0. The Morgan fingerprint density at radius 3 is 2.24 bits per heavy atom. The summed E-state index contributed by atoms with van der Waals surface area (Å²) in [5, 5.41) is 20.9. The highest BCUT2D eigenvalue weighted by Gasteiger charge is 2.16. The van der Waals surface area contributed by atoms with E-state index in [2.05, 4.69) is 0 Å². The summed E-state index contributed by atoms with van der Waals surface area (Å²) in [5.41, 5.74) is 3.60. The molecule has 4 nitrogen and oxygen atoms in total. The van der Waals surface area contributed by atoms with Crippen LogP contribution < -0.4 is 4.74 Å². The van der Waals surface area contributed by atoms with Crippen molar-refractivity contribution in [1.29, 1.82) is 0 Å². The minimum Gasteiger partial charge on any atom is -0.507 e. The van der Waals surface area contributed by atoms with Gasteiger partial charge in [0.05, 0.1) is 5.56 Å². The number of rotatable bonds is 8. The van der Waals surface area contributed by atoms with E-state index in [9.17, 15) is 15.0 Å². The van der Waals surface area contributed by atoms with Crippen LogP contribution in [0.3, 0.4) is 0 Å². The first-order valence-electron chi connectivity index (χ1n) is 9.81. The smallest absolute Gasteiger partial charge is 0.163 e. The number of carbonyl (C=O) groups excluding carboxylic acids is 1. The molecule has 0 saturated heterocycles. The van der Waals surface area contributed by atoms with Gasteiger partial charge in [0.1, 0.15) is 24.2 Å². The predicted octanol–water partition coefficient (Wildman–Crippen LogP) is 5.21. The second-order valence-corrected chi connectivity index (χ2v) is 7.09. The lowest BCUT2D eigenvalue weighted by Gasteiger charge is -2.15. The molecule has 3 aromatic carbocycles. The Balaban J connectivity index is 1.73. The van der Waals surface area contributed by atoms with Crippen LogP contribution >= 0.6 is 0 Å². The van der Waals surface area contributed by atoms with E-state index in [-0.39, 0.29) is 11.5 Å². The Kier molecular flexibility index (Phi) is 6.68. The van der Waals surface area contributed by atoms with Crippen molar-refractivity contribution in [3.63, 3.8) is 0 Å². The van der Waals surface area contributed by atoms with Crippen molar-refractivity contribution in [2.45, 2.75) is 39.4 Å². The number of aliphatic hydroxyl groups is 1. The molecule has 0 radical (unpaired) electrons. The molecule has 0 aliphatic heterocycles. The van der Waals surface area contributed by atoms with Crippen molar-refractivity contribution in [2.24, 2.45) is 0 Å². The molecule has 2 N–H and O–H groups in total. The van der Waals surface area contributed by atoms with E-state index in [1.54, 1.807) is 12.1 Å².